The molecule has 0 aliphatic heterocycles. The van der Waals surface area contributed by atoms with Gasteiger partial charge in [-0.2, -0.15) is 0 Å². The van der Waals surface area contributed by atoms with E-state index in [1.807, 2.05) is 12.3 Å². The van der Waals surface area contributed by atoms with Crippen molar-refractivity contribution in [2.24, 2.45) is 0 Å². The second kappa shape index (κ2) is 5.29. The van der Waals surface area contributed by atoms with Crippen LogP contribution < -0.4 is 5.32 Å². The highest BCUT2D eigenvalue weighted by Crippen LogP contribution is 2.07. The van der Waals surface area contributed by atoms with E-state index in [-0.39, 0.29) is 0 Å². The van der Waals surface area contributed by atoms with Gasteiger partial charge < -0.3 is 5.32 Å². The lowest BCUT2D eigenvalue weighted by Gasteiger charge is -2.08. The Bertz CT molecular complexity index is 306. The SMILES string of the molecule is C#CCCc1ccc(NC(C)C)nc1. The van der Waals surface area contributed by atoms with Crippen molar-refractivity contribution in [2.45, 2.75) is 32.7 Å². The Labute approximate surface area is 85.8 Å². The first kappa shape index (κ1) is 10.6. The first-order valence-electron chi connectivity index (χ1n) is 4.87. The van der Waals surface area contributed by atoms with Crippen LogP contribution >= 0.6 is 0 Å². The van der Waals surface area contributed by atoms with Crippen molar-refractivity contribution in [1.29, 1.82) is 0 Å². The molecular formula is C12H16N2. The molecule has 2 nitrogen and oxygen atoms in total. The third-order valence-electron chi connectivity index (χ3n) is 1.82. The molecule has 0 aliphatic carbocycles. The minimum atomic E-state index is 0.416. The predicted molar refractivity (Wildman–Crippen MR) is 60.1 cm³/mol. The fraction of sp³-hybridized carbons (Fsp3) is 0.417. The third kappa shape index (κ3) is 3.49. The highest BCUT2D eigenvalue weighted by molar-refractivity contribution is 5.36. The lowest BCUT2D eigenvalue weighted by molar-refractivity contribution is 0.886. The van der Waals surface area contributed by atoms with Crippen LogP contribution in [0.3, 0.4) is 0 Å². The number of nitrogens with zero attached hydrogens (tertiary/aromatic N) is 1. The van der Waals surface area contributed by atoms with Crippen LogP contribution in [0.2, 0.25) is 0 Å². The first-order valence-corrected chi connectivity index (χ1v) is 4.87. The van der Waals surface area contributed by atoms with E-state index in [2.05, 4.69) is 36.1 Å². The molecule has 0 amide bonds. The summed E-state index contributed by atoms with van der Waals surface area (Å²) in [5.74, 6) is 3.54. The van der Waals surface area contributed by atoms with Gasteiger partial charge in [0, 0.05) is 18.7 Å². The van der Waals surface area contributed by atoms with Crippen molar-refractivity contribution in [3.05, 3.63) is 23.9 Å². The summed E-state index contributed by atoms with van der Waals surface area (Å²) in [6.45, 7) is 4.18. The lowest BCUT2D eigenvalue weighted by atomic mass is 10.2. The van der Waals surface area contributed by atoms with Crippen LogP contribution in [0.25, 0.3) is 0 Å². The number of terminal acetylenes is 1. The van der Waals surface area contributed by atoms with Gasteiger partial charge in [0.1, 0.15) is 5.82 Å². The molecule has 1 rings (SSSR count). The van der Waals surface area contributed by atoms with Crippen molar-refractivity contribution in [2.75, 3.05) is 5.32 Å². The normalized spacial score (nSPS) is 9.86. The number of aryl methyl sites for hydroxylation is 1. The summed E-state index contributed by atoms with van der Waals surface area (Å²) in [5.41, 5.74) is 1.19. The molecule has 0 spiro atoms. The first-order chi connectivity index (χ1) is 6.72. The van der Waals surface area contributed by atoms with Crippen LogP contribution in [0, 0.1) is 12.3 Å². The predicted octanol–water partition coefficient (Wildman–Crippen LogP) is 2.47. The molecule has 74 valence electrons. The van der Waals surface area contributed by atoms with Gasteiger partial charge in [-0.1, -0.05) is 6.07 Å². The average molecular weight is 188 g/mol. The summed E-state index contributed by atoms with van der Waals surface area (Å²) in [6.07, 6.45) is 8.75. The van der Waals surface area contributed by atoms with Crippen LogP contribution in [0.1, 0.15) is 25.8 Å². The fourth-order valence-corrected chi connectivity index (χ4v) is 1.17. The maximum Gasteiger partial charge on any atom is 0.126 e. The highest BCUT2D eigenvalue weighted by Gasteiger charge is 1.96. The molecule has 0 saturated heterocycles. The van der Waals surface area contributed by atoms with Gasteiger partial charge in [0.2, 0.25) is 0 Å². The summed E-state index contributed by atoms with van der Waals surface area (Å²) in [4.78, 5) is 4.29. The van der Waals surface area contributed by atoms with E-state index < -0.39 is 0 Å². The van der Waals surface area contributed by atoms with Crippen molar-refractivity contribution in [3.63, 3.8) is 0 Å². The number of nitrogens with one attached hydrogen (secondary N) is 1. The van der Waals surface area contributed by atoms with Gasteiger partial charge in [0.15, 0.2) is 0 Å². The Morgan fingerprint density at radius 1 is 1.50 bits per heavy atom. The van der Waals surface area contributed by atoms with Crippen LogP contribution in [-0.2, 0) is 6.42 Å². The van der Waals surface area contributed by atoms with E-state index in [1.54, 1.807) is 0 Å². The molecule has 14 heavy (non-hydrogen) atoms. The molecule has 1 aromatic heterocycles. The molecule has 0 saturated carbocycles. The third-order valence-corrected chi connectivity index (χ3v) is 1.82. The Kier molecular flexibility index (Phi) is 4.00. The van der Waals surface area contributed by atoms with Crippen molar-refractivity contribution in [3.8, 4) is 12.3 Å². The molecule has 1 heterocycles. The smallest absolute Gasteiger partial charge is 0.126 e. The maximum absolute atomic E-state index is 5.19. The van der Waals surface area contributed by atoms with Crippen molar-refractivity contribution < 1.29 is 0 Å². The van der Waals surface area contributed by atoms with Gasteiger partial charge in [0.25, 0.3) is 0 Å². The molecule has 2 heteroatoms. The lowest BCUT2D eigenvalue weighted by Crippen LogP contribution is -2.10. The van der Waals surface area contributed by atoms with E-state index in [9.17, 15) is 0 Å². The summed E-state index contributed by atoms with van der Waals surface area (Å²) >= 11 is 0. The highest BCUT2D eigenvalue weighted by atomic mass is 15.0. The summed E-state index contributed by atoms with van der Waals surface area (Å²) in [7, 11) is 0. The van der Waals surface area contributed by atoms with Crippen LogP contribution in [0.15, 0.2) is 18.3 Å². The summed E-state index contributed by atoms with van der Waals surface area (Å²) < 4.78 is 0. The molecule has 0 radical (unpaired) electrons. The van der Waals surface area contributed by atoms with Gasteiger partial charge in [-0.3, -0.25) is 0 Å². The van der Waals surface area contributed by atoms with E-state index in [0.717, 1.165) is 18.7 Å². The fourth-order valence-electron chi connectivity index (χ4n) is 1.17. The molecule has 0 aliphatic rings. The van der Waals surface area contributed by atoms with Crippen LogP contribution in [-0.4, -0.2) is 11.0 Å². The quantitative estimate of drug-likeness (QED) is 0.734. The standard InChI is InChI=1S/C12H16N2/c1-4-5-6-11-7-8-12(13-9-11)14-10(2)3/h1,7-10H,5-6H2,2-3H3,(H,13,14). The summed E-state index contributed by atoms with van der Waals surface area (Å²) in [6, 6.07) is 4.47. The Morgan fingerprint density at radius 3 is 2.79 bits per heavy atom. The maximum atomic E-state index is 5.19. The second-order valence-electron chi connectivity index (χ2n) is 3.55. The zero-order valence-electron chi connectivity index (χ0n) is 8.75. The van der Waals surface area contributed by atoms with Crippen molar-refractivity contribution >= 4 is 5.82 Å². The Morgan fingerprint density at radius 2 is 2.29 bits per heavy atom. The zero-order chi connectivity index (χ0) is 10.4. The molecule has 1 aromatic rings. The Balaban J connectivity index is 2.56. The van der Waals surface area contributed by atoms with E-state index in [0.29, 0.717) is 6.04 Å². The van der Waals surface area contributed by atoms with Gasteiger partial charge in [0.05, 0.1) is 0 Å². The zero-order valence-corrected chi connectivity index (χ0v) is 8.75. The minimum absolute atomic E-state index is 0.416. The molecule has 0 atom stereocenters. The second-order valence-corrected chi connectivity index (χ2v) is 3.55. The number of hydrogen-bond donors (Lipinski definition) is 1. The molecular weight excluding hydrogens is 172 g/mol. The van der Waals surface area contributed by atoms with Gasteiger partial charge in [-0.25, -0.2) is 4.98 Å². The van der Waals surface area contributed by atoms with E-state index >= 15 is 0 Å². The van der Waals surface area contributed by atoms with Gasteiger partial charge >= 0.3 is 0 Å². The monoisotopic (exact) mass is 188 g/mol. The summed E-state index contributed by atoms with van der Waals surface area (Å²) in [5, 5.41) is 3.24. The number of aromatic nitrogens is 1. The van der Waals surface area contributed by atoms with E-state index in [1.165, 1.54) is 5.56 Å². The average Bonchev–Trinajstić information content (AvgIpc) is 2.16. The molecule has 0 aromatic carbocycles. The molecule has 1 N–H and O–H groups in total. The van der Waals surface area contributed by atoms with Gasteiger partial charge in [-0.05, 0) is 31.9 Å². The van der Waals surface area contributed by atoms with Crippen molar-refractivity contribution in [1.82, 2.24) is 4.98 Å². The number of anilines is 1. The van der Waals surface area contributed by atoms with Gasteiger partial charge in [-0.15, -0.1) is 12.3 Å². The number of pyridine rings is 1. The van der Waals surface area contributed by atoms with Crippen LogP contribution in [0.5, 0.6) is 0 Å². The molecule has 0 fully saturated rings. The van der Waals surface area contributed by atoms with E-state index in [4.69, 9.17) is 6.42 Å². The number of hydrogen-bond acceptors (Lipinski definition) is 2. The largest absolute Gasteiger partial charge is 0.368 e. The topological polar surface area (TPSA) is 24.9 Å². The number of rotatable bonds is 4. The molecule has 0 bridgehead atoms. The molecule has 0 unspecified atom stereocenters. The Hall–Kier alpha value is -1.49. The minimum Gasteiger partial charge on any atom is -0.368 e. The van der Waals surface area contributed by atoms with Crippen LogP contribution in [0.4, 0.5) is 5.82 Å².